The van der Waals surface area contributed by atoms with Gasteiger partial charge in [0.1, 0.15) is 0 Å². The van der Waals surface area contributed by atoms with E-state index in [-0.39, 0.29) is 11.7 Å². The highest BCUT2D eigenvalue weighted by atomic mass is 35.5. The number of hydrogen-bond donors (Lipinski definition) is 0. The summed E-state index contributed by atoms with van der Waals surface area (Å²) >= 11 is 5.81. The quantitative estimate of drug-likeness (QED) is 0.751. The van der Waals surface area contributed by atoms with Crippen molar-refractivity contribution < 1.29 is 14.1 Å². The van der Waals surface area contributed by atoms with Crippen LogP contribution in [0.25, 0.3) is 11.5 Å². The zero-order valence-corrected chi connectivity index (χ0v) is 9.06. The molecule has 0 bridgehead atoms. The number of benzene rings is 1. The Morgan fingerprint density at radius 3 is 3.00 bits per heavy atom. The maximum Gasteiger partial charge on any atom is 0.379 e. The first-order chi connectivity index (χ1) is 7.70. The Hall–Kier alpha value is -1.88. The van der Waals surface area contributed by atoms with Crippen molar-refractivity contribution in [3.05, 3.63) is 35.1 Å². The maximum atomic E-state index is 11.1. The van der Waals surface area contributed by atoms with Crippen LogP contribution in [0.15, 0.2) is 28.8 Å². The first kappa shape index (κ1) is 10.6. The van der Waals surface area contributed by atoms with Gasteiger partial charge in [-0.25, -0.2) is 4.79 Å². The van der Waals surface area contributed by atoms with Gasteiger partial charge in [0, 0.05) is 10.6 Å². The van der Waals surface area contributed by atoms with Gasteiger partial charge in [-0.2, -0.15) is 4.98 Å². The Morgan fingerprint density at radius 1 is 1.50 bits per heavy atom. The Labute approximate surface area is 96.0 Å². The van der Waals surface area contributed by atoms with Crippen LogP contribution in [0.3, 0.4) is 0 Å². The summed E-state index contributed by atoms with van der Waals surface area (Å²) in [7, 11) is 1.25. The van der Waals surface area contributed by atoms with E-state index in [0.717, 1.165) is 0 Å². The molecule has 0 atom stereocenters. The van der Waals surface area contributed by atoms with Gasteiger partial charge in [-0.05, 0) is 23.4 Å². The summed E-state index contributed by atoms with van der Waals surface area (Å²) in [6.45, 7) is 0. The van der Waals surface area contributed by atoms with Gasteiger partial charge in [-0.3, -0.25) is 0 Å². The van der Waals surface area contributed by atoms with E-state index < -0.39 is 5.97 Å². The molecule has 0 N–H and O–H groups in total. The van der Waals surface area contributed by atoms with Crippen LogP contribution in [0.2, 0.25) is 5.02 Å². The molecule has 0 unspecified atom stereocenters. The lowest BCUT2D eigenvalue weighted by Crippen LogP contribution is -2.03. The predicted molar refractivity (Wildman–Crippen MR) is 56.1 cm³/mol. The van der Waals surface area contributed by atoms with Crippen LogP contribution < -0.4 is 0 Å². The second-order valence-corrected chi connectivity index (χ2v) is 3.36. The predicted octanol–water partition coefficient (Wildman–Crippen LogP) is 2.18. The molecule has 2 rings (SSSR count). The molecule has 0 amide bonds. The molecule has 0 aliphatic carbocycles. The van der Waals surface area contributed by atoms with E-state index in [0.29, 0.717) is 10.6 Å². The number of carbonyl (C=O) groups excluding carboxylic acids is 1. The third-order valence-corrected chi connectivity index (χ3v) is 2.10. The molecule has 1 heterocycles. The summed E-state index contributed by atoms with van der Waals surface area (Å²) in [4.78, 5) is 15.0. The second kappa shape index (κ2) is 4.32. The zero-order chi connectivity index (χ0) is 11.5. The molecule has 0 saturated heterocycles. The van der Waals surface area contributed by atoms with Crippen molar-refractivity contribution in [1.29, 1.82) is 0 Å². The highest BCUT2D eigenvalue weighted by Crippen LogP contribution is 2.20. The van der Waals surface area contributed by atoms with Gasteiger partial charge in [0.05, 0.1) is 7.11 Å². The average Bonchev–Trinajstić information content (AvgIpc) is 2.77. The molecule has 0 fully saturated rings. The smallest absolute Gasteiger partial charge is 0.379 e. The summed E-state index contributed by atoms with van der Waals surface area (Å²) in [5, 5.41) is 4.04. The van der Waals surface area contributed by atoms with Crippen molar-refractivity contribution in [3.8, 4) is 11.5 Å². The number of halogens is 1. The van der Waals surface area contributed by atoms with Gasteiger partial charge in [-0.1, -0.05) is 17.7 Å². The van der Waals surface area contributed by atoms with Gasteiger partial charge in [-0.15, -0.1) is 0 Å². The molecule has 0 radical (unpaired) electrons. The number of nitrogens with zero attached hydrogens (tertiary/aromatic N) is 2. The van der Waals surface area contributed by atoms with E-state index in [9.17, 15) is 4.79 Å². The summed E-state index contributed by atoms with van der Waals surface area (Å²) in [6.07, 6.45) is 0. The summed E-state index contributed by atoms with van der Waals surface area (Å²) < 4.78 is 9.37. The number of methoxy groups -OCH3 is 1. The standard InChI is InChI=1S/C10H7ClN2O3/c1-15-10(14)8-12-9(16-13-8)6-3-2-4-7(11)5-6/h2-5H,1H3. The van der Waals surface area contributed by atoms with Crippen molar-refractivity contribution in [2.24, 2.45) is 0 Å². The van der Waals surface area contributed by atoms with Gasteiger partial charge < -0.3 is 9.26 Å². The maximum absolute atomic E-state index is 11.1. The van der Waals surface area contributed by atoms with E-state index in [1.165, 1.54) is 7.11 Å². The SMILES string of the molecule is COC(=O)c1noc(-c2cccc(Cl)c2)n1. The molecule has 2 aromatic rings. The van der Waals surface area contributed by atoms with Crippen molar-refractivity contribution in [1.82, 2.24) is 10.1 Å². The van der Waals surface area contributed by atoms with Crippen molar-refractivity contribution in [3.63, 3.8) is 0 Å². The molecule has 0 spiro atoms. The zero-order valence-electron chi connectivity index (χ0n) is 8.31. The molecular weight excluding hydrogens is 232 g/mol. The number of carbonyl (C=O) groups is 1. The lowest BCUT2D eigenvalue weighted by Gasteiger charge is -1.93. The summed E-state index contributed by atoms with van der Waals surface area (Å²) in [5.41, 5.74) is 0.648. The van der Waals surface area contributed by atoms with E-state index in [1.807, 2.05) is 0 Å². The molecule has 1 aromatic heterocycles. The average molecular weight is 239 g/mol. The summed E-state index contributed by atoms with van der Waals surface area (Å²) in [6, 6.07) is 6.89. The molecular formula is C10H7ClN2O3. The van der Waals surface area contributed by atoms with E-state index >= 15 is 0 Å². The van der Waals surface area contributed by atoms with Crippen LogP contribution >= 0.6 is 11.6 Å². The minimum absolute atomic E-state index is 0.113. The third kappa shape index (κ3) is 2.04. The number of aromatic nitrogens is 2. The molecule has 5 nitrogen and oxygen atoms in total. The molecule has 0 saturated carbocycles. The van der Waals surface area contributed by atoms with Crippen molar-refractivity contribution in [2.75, 3.05) is 7.11 Å². The fourth-order valence-electron chi connectivity index (χ4n) is 1.14. The van der Waals surface area contributed by atoms with Crippen molar-refractivity contribution in [2.45, 2.75) is 0 Å². The number of esters is 1. The Kier molecular flexibility index (Phi) is 2.87. The van der Waals surface area contributed by atoms with Gasteiger partial charge >= 0.3 is 5.97 Å². The molecule has 16 heavy (non-hydrogen) atoms. The molecule has 0 aliphatic heterocycles. The lowest BCUT2D eigenvalue weighted by atomic mass is 10.2. The number of rotatable bonds is 2. The van der Waals surface area contributed by atoms with Crippen LogP contribution in [0.4, 0.5) is 0 Å². The van der Waals surface area contributed by atoms with Crippen LogP contribution in [-0.2, 0) is 4.74 Å². The molecule has 6 heteroatoms. The minimum Gasteiger partial charge on any atom is -0.463 e. The Morgan fingerprint density at radius 2 is 2.31 bits per heavy atom. The van der Waals surface area contributed by atoms with Gasteiger partial charge in [0.25, 0.3) is 11.7 Å². The van der Waals surface area contributed by atoms with E-state index in [2.05, 4.69) is 14.9 Å². The fourth-order valence-corrected chi connectivity index (χ4v) is 1.33. The van der Waals surface area contributed by atoms with Crippen LogP contribution in [0, 0.1) is 0 Å². The van der Waals surface area contributed by atoms with Gasteiger partial charge in [0.15, 0.2) is 0 Å². The van der Waals surface area contributed by atoms with Gasteiger partial charge in [0.2, 0.25) is 0 Å². The van der Waals surface area contributed by atoms with Crippen molar-refractivity contribution >= 4 is 17.6 Å². The second-order valence-electron chi connectivity index (χ2n) is 2.93. The molecule has 0 aliphatic rings. The molecule has 1 aromatic carbocycles. The monoisotopic (exact) mass is 238 g/mol. The van der Waals surface area contributed by atoms with E-state index in [1.54, 1.807) is 24.3 Å². The largest absolute Gasteiger partial charge is 0.463 e. The topological polar surface area (TPSA) is 65.2 Å². The van der Waals surface area contributed by atoms with Crippen LogP contribution in [0.5, 0.6) is 0 Å². The minimum atomic E-state index is -0.642. The Bertz CT molecular complexity index is 524. The van der Waals surface area contributed by atoms with Crippen LogP contribution in [0.1, 0.15) is 10.6 Å². The number of hydrogen-bond acceptors (Lipinski definition) is 5. The summed E-state index contributed by atoms with van der Waals surface area (Å²) in [5.74, 6) is -0.530. The highest BCUT2D eigenvalue weighted by molar-refractivity contribution is 6.30. The van der Waals surface area contributed by atoms with E-state index in [4.69, 9.17) is 16.1 Å². The normalized spacial score (nSPS) is 10.1. The lowest BCUT2D eigenvalue weighted by molar-refractivity contribution is 0.0583. The third-order valence-electron chi connectivity index (χ3n) is 1.87. The highest BCUT2D eigenvalue weighted by Gasteiger charge is 2.15. The van der Waals surface area contributed by atoms with Crippen LogP contribution in [-0.4, -0.2) is 23.2 Å². The first-order valence-electron chi connectivity index (χ1n) is 4.38. The molecule has 82 valence electrons. The Balaban J connectivity index is 2.35. The number of ether oxygens (including phenoxy) is 1. The first-order valence-corrected chi connectivity index (χ1v) is 4.76. The fraction of sp³-hybridized carbons (Fsp3) is 0.100.